The van der Waals surface area contributed by atoms with Crippen LogP contribution in [0, 0.1) is 12.8 Å². The number of aromatic nitrogens is 3. The minimum Gasteiger partial charge on any atom is -0.429 e. The van der Waals surface area contributed by atoms with Gasteiger partial charge in [-0.15, -0.1) is 0 Å². The third kappa shape index (κ3) is 2.92. The van der Waals surface area contributed by atoms with Crippen LogP contribution in [0.3, 0.4) is 0 Å². The van der Waals surface area contributed by atoms with Gasteiger partial charge in [0.05, 0.1) is 23.9 Å². The van der Waals surface area contributed by atoms with Gasteiger partial charge in [0.1, 0.15) is 5.76 Å². The Balaban J connectivity index is 1.65. The summed E-state index contributed by atoms with van der Waals surface area (Å²) in [5.41, 5.74) is 0.878. The van der Waals surface area contributed by atoms with E-state index in [1.807, 2.05) is 18.0 Å². The molecule has 1 saturated carbocycles. The molecule has 8 nitrogen and oxygen atoms in total. The molecule has 8 heteroatoms. The van der Waals surface area contributed by atoms with Gasteiger partial charge in [0.15, 0.2) is 0 Å². The first-order valence-electron chi connectivity index (χ1n) is 8.57. The molecule has 1 aliphatic carbocycles. The van der Waals surface area contributed by atoms with E-state index in [1.54, 1.807) is 24.0 Å². The number of carbonyl (C=O) groups excluding carboxylic acids is 2. The van der Waals surface area contributed by atoms with Crippen molar-refractivity contribution < 1.29 is 14.0 Å². The average Bonchev–Trinajstić information content (AvgIpc) is 3.20. The van der Waals surface area contributed by atoms with Gasteiger partial charge in [-0.3, -0.25) is 19.6 Å². The molecule has 2 amide bonds. The van der Waals surface area contributed by atoms with E-state index in [2.05, 4.69) is 15.4 Å². The number of nitrogens with zero attached hydrogens (tertiary/aromatic N) is 4. The molecule has 0 radical (unpaired) electrons. The van der Waals surface area contributed by atoms with E-state index in [0.717, 1.165) is 18.5 Å². The van der Waals surface area contributed by atoms with Gasteiger partial charge in [-0.2, -0.15) is 5.10 Å². The Labute approximate surface area is 145 Å². The Hall–Kier alpha value is -2.64. The summed E-state index contributed by atoms with van der Waals surface area (Å²) in [6, 6.07) is 2.00. The summed E-state index contributed by atoms with van der Waals surface area (Å²) >= 11 is 0. The average molecular weight is 343 g/mol. The first-order valence-corrected chi connectivity index (χ1v) is 8.57. The number of likely N-dealkylation sites (tertiary alicyclic amines) is 1. The molecule has 132 valence electrons. The van der Waals surface area contributed by atoms with Crippen molar-refractivity contribution in [1.82, 2.24) is 19.7 Å². The van der Waals surface area contributed by atoms with E-state index in [0.29, 0.717) is 18.6 Å². The van der Waals surface area contributed by atoms with Gasteiger partial charge in [0.2, 0.25) is 11.8 Å². The maximum absolute atomic E-state index is 12.9. The summed E-state index contributed by atoms with van der Waals surface area (Å²) in [6.07, 6.45) is 6.14. The minimum atomic E-state index is -0.360. The van der Waals surface area contributed by atoms with Crippen molar-refractivity contribution in [2.45, 2.75) is 44.7 Å². The number of hydrogen-bond acceptors (Lipinski definition) is 5. The zero-order valence-corrected chi connectivity index (χ0v) is 14.3. The quantitative estimate of drug-likeness (QED) is 0.913. The van der Waals surface area contributed by atoms with Crippen LogP contribution in [-0.4, -0.2) is 37.5 Å². The number of nitrogens with one attached hydrogen (secondary N) is 1. The molecule has 25 heavy (non-hydrogen) atoms. The molecule has 0 aromatic carbocycles. The van der Waals surface area contributed by atoms with E-state index >= 15 is 0 Å². The molecular formula is C17H21N5O3. The molecule has 0 bridgehead atoms. The number of hydrogen-bond donors (Lipinski definition) is 1. The highest BCUT2D eigenvalue weighted by Gasteiger charge is 2.47. The van der Waals surface area contributed by atoms with Gasteiger partial charge in [0.25, 0.3) is 0 Å². The fraction of sp³-hybridized carbons (Fsp3) is 0.529. The van der Waals surface area contributed by atoms with Crippen molar-refractivity contribution in [3.05, 3.63) is 29.9 Å². The first-order chi connectivity index (χ1) is 12.0. The highest BCUT2D eigenvalue weighted by atomic mass is 16.4. The van der Waals surface area contributed by atoms with Crippen molar-refractivity contribution in [3.63, 3.8) is 0 Å². The Kier molecular flexibility index (Phi) is 3.82. The molecule has 3 heterocycles. The minimum absolute atomic E-state index is 0.115. The molecule has 4 rings (SSSR count). The van der Waals surface area contributed by atoms with Crippen molar-refractivity contribution >= 4 is 17.8 Å². The topological polar surface area (TPSA) is 93.3 Å². The lowest BCUT2D eigenvalue weighted by Crippen LogP contribution is -2.48. The second kappa shape index (κ2) is 6.02. The second-order valence-corrected chi connectivity index (χ2v) is 6.77. The van der Waals surface area contributed by atoms with Crippen LogP contribution in [0.25, 0.3) is 0 Å². The Morgan fingerprint density at radius 1 is 1.36 bits per heavy atom. The van der Waals surface area contributed by atoms with Gasteiger partial charge in [-0.25, -0.2) is 4.98 Å². The van der Waals surface area contributed by atoms with E-state index < -0.39 is 0 Å². The Bertz CT molecular complexity index is 807. The van der Waals surface area contributed by atoms with Crippen LogP contribution in [0.2, 0.25) is 0 Å². The van der Waals surface area contributed by atoms with Crippen LogP contribution in [0.1, 0.15) is 43.2 Å². The monoisotopic (exact) mass is 343 g/mol. The van der Waals surface area contributed by atoms with Crippen LogP contribution < -0.4 is 5.32 Å². The third-order valence-electron chi connectivity index (χ3n) is 4.93. The zero-order chi connectivity index (χ0) is 17.6. The number of rotatable bonds is 4. The SMILES string of the molecule is Cc1cnc(NC(=O)[C@H]2CCC(=O)N(C3CC3)[C@@H]2c2ccnn2C)o1. The third-order valence-corrected chi connectivity index (χ3v) is 4.93. The van der Waals surface area contributed by atoms with E-state index in [-0.39, 0.29) is 35.8 Å². The number of amides is 2. The molecule has 2 aromatic heterocycles. The molecule has 1 aliphatic heterocycles. The van der Waals surface area contributed by atoms with Crippen LogP contribution in [0.5, 0.6) is 0 Å². The zero-order valence-electron chi connectivity index (χ0n) is 14.3. The number of oxazole rings is 1. The van der Waals surface area contributed by atoms with Gasteiger partial charge >= 0.3 is 6.01 Å². The standard InChI is InChI=1S/C17H21N5O3/c1-10-9-18-17(25-10)20-16(24)12-5-6-14(23)22(11-3-4-11)15(12)13-7-8-19-21(13)2/h7-9,11-12,15H,3-6H2,1-2H3,(H,18,20,24)/t12-,15-/m0/s1. The molecule has 0 spiro atoms. The van der Waals surface area contributed by atoms with E-state index in [9.17, 15) is 9.59 Å². The second-order valence-electron chi connectivity index (χ2n) is 6.77. The van der Waals surface area contributed by atoms with Crippen LogP contribution in [0.4, 0.5) is 6.01 Å². The number of piperidine rings is 1. The maximum Gasteiger partial charge on any atom is 0.301 e. The molecular weight excluding hydrogens is 322 g/mol. The summed E-state index contributed by atoms with van der Waals surface area (Å²) in [6.45, 7) is 1.77. The lowest BCUT2D eigenvalue weighted by molar-refractivity contribution is -0.143. The highest BCUT2D eigenvalue weighted by molar-refractivity contribution is 5.93. The first kappa shape index (κ1) is 15.9. The summed E-state index contributed by atoms with van der Waals surface area (Å²) in [5, 5.41) is 6.98. The van der Waals surface area contributed by atoms with Crippen molar-refractivity contribution in [2.75, 3.05) is 5.32 Å². The largest absolute Gasteiger partial charge is 0.429 e. The van der Waals surface area contributed by atoms with Gasteiger partial charge < -0.3 is 9.32 Å². The highest BCUT2D eigenvalue weighted by Crippen LogP contribution is 2.43. The van der Waals surface area contributed by atoms with E-state index in [1.165, 1.54) is 0 Å². The summed E-state index contributed by atoms with van der Waals surface area (Å²) in [7, 11) is 1.84. The van der Waals surface area contributed by atoms with Crippen molar-refractivity contribution in [1.29, 1.82) is 0 Å². The molecule has 2 fully saturated rings. The fourth-order valence-corrected chi connectivity index (χ4v) is 3.61. The normalized spacial score (nSPS) is 23.8. The Morgan fingerprint density at radius 3 is 2.76 bits per heavy atom. The number of aryl methyl sites for hydroxylation is 2. The lowest BCUT2D eigenvalue weighted by Gasteiger charge is -2.40. The number of carbonyl (C=O) groups is 2. The van der Waals surface area contributed by atoms with Gasteiger partial charge in [0, 0.05) is 25.7 Å². The Morgan fingerprint density at radius 2 is 2.16 bits per heavy atom. The molecule has 2 aromatic rings. The van der Waals surface area contributed by atoms with E-state index in [4.69, 9.17) is 4.42 Å². The van der Waals surface area contributed by atoms with Gasteiger partial charge in [-0.05, 0) is 32.3 Å². The van der Waals surface area contributed by atoms with Crippen LogP contribution >= 0.6 is 0 Å². The van der Waals surface area contributed by atoms with Gasteiger partial charge in [-0.1, -0.05) is 0 Å². The molecule has 0 unspecified atom stereocenters. The lowest BCUT2D eigenvalue weighted by atomic mass is 9.85. The predicted molar refractivity (Wildman–Crippen MR) is 88.4 cm³/mol. The molecule has 1 N–H and O–H groups in total. The smallest absolute Gasteiger partial charge is 0.301 e. The summed E-state index contributed by atoms with van der Waals surface area (Å²) < 4.78 is 7.11. The molecule has 2 atom stereocenters. The number of anilines is 1. The molecule has 1 saturated heterocycles. The maximum atomic E-state index is 12.9. The molecule has 2 aliphatic rings. The van der Waals surface area contributed by atoms with Crippen molar-refractivity contribution in [2.24, 2.45) is 13.0 Å². The van der Waals surface area contributed by atoms with Crippen LogP contribution in [-0.2, 0) is 16.6 Å². The van der Waals surface area contributed by atoms with Crippen molar-refractivity contribution in [3.8, 4) is 0 Å². The summed E-state index contributed by atoms with van der Waals surface area (Å²) in [4.78, 5) is 31.4. The summed E-state index contributed by atoms with van der Waals surface area (Å²) in [5.74, 6) is 0.216. The predicted octanol–water partition coefficient (Wildman–Crippen LogP) is 1.80. The fourth-order valence-electron chi connectivity index (χ4n) is 3.61. The van der Waals surface area contributed by atoms with Crippen LogP contribution in [0.15, 0.2) is 22.9 Å².